The molecule has 0 radical (unpaired) electrons. The molecule has 2 rings (SSSR count). The maximum Gasteiger partial charge on any atom is 0.252 e. The molecule has 1 aromatic rings. The number of aliphatic hydroxyl groups is 1. The summed E-state index contributed by atoms with van der Waals surface area (Å²) in [6.45, 7) is 0.210. The van der Waals surface area contributed by atoms with E-state index >= 15 is 0 Å². The third kappa shape index (κ3) is 2.93. The Morgan fingerprint density at radius 3 is 2.88 bits per heavy atom. The molecule has 0 atom stereocenters. The SMILES string of the molecule is O=C(NCCO)c1ccc(NC2CC2)nc1. The molecule has 0 aliphatic heterocycles. The first-order valence-corrected chi connectivity index (χ1v) is 5.41. The highest BCUT2D eigenvalue weighted by atomic mass is 16.3. The molecule has 0 spiro atoms. The van der Waals surface area contributed by atoms with Gasteiger partial charge in [0.25, 0.3) is 5.91 Å². The monoisotopic (exact) mass is 221 g/mol. The van der Waals surface area contributed by atoms with Crippen LogP contribution in [0.1, 0.15) is 23.2 Å². The molecule has 1 saturated carbocycles. The largest absolute Gasteiger partial charge is 0.395 e. The molecule has 1 aliphatic rings. The van der Waals surface area contributed by atoms with E-state index < -0.39 is 0 Å². The van der Waals surface area contributed by atoms with Crippen molar-refractivity contribution in [3.05, 3.63) is 23.9 Å². The zero-order valence-electron chi connectivity index (χ0n) is 8.94. The third-order valence-corrected chi connectivity index (χ3v) is 2.35. The number of nitrogens with zero attached hydrogens (tertiary/aromatic N) is 1. The van der Waals surface area contributed by atoms with Crippen LogP contribution in [0.25, 0.3) is 0 Å². The van der Waals surface area contributed by atoms with Crippen molar-refractivity contribution in [1.29, 1.82) is 0 Å². The number of rotatable bonds is 5. The summed E-state index contributed by atoms with van der Waals surface area (Å²) in [5.41, 5.74) is 0.509. The topological polar surface area (TPSA) is 74.2 Å². The summed E-state index contributed by atoms with van der Waals surface area (Å²) in [6, 6.07) is 4.08. The summed E-state index contributed by atoms with van der Waals surface area (Å²) in [5, 5.41) is 14.4. The molecule has 16 heavy (non-hydrogen) atoms. The number of hydrogen-bond acceptors (Lipinski definition) is 4. The van der Waals surface area contributed by atoms with E-state index in [0.717, 1.165) is 5.82 Å². The highest BCUT2D eigenvalue weighted by Gasteiger charge is 2.21. The Balaban J connectivity index is 1.92. The molecule has 1 fully saturated rings. The molecule has 0 bridgehead atoms. The second kappa shape index (κ2) is 4.94. The number of carbonyl (C=O) groups excluding carboxylic acids is 1. The van der Waals surface area contributed by atoms with E-state index in [1.165, 1.54) is 19.0 Å². The standard InChI is InChI=1S/C11H15N3O2/c15-6-5-12-11(16)8-1-4-10(13-7-8)14-9-2-3-9/h1,4,7,9,15H,2-3,5-6H2,(H,12,16)(H,13,14). The van der Waals surface area contributed by atoms with E-state index in [9.17, 15) is 4.79 Å². The Hall–Kier alpha value is -1.62. The van der Waals surface area contributed by atoms with Crippen LogP contribution < -0.4 is 10.6 Å². The zero-order chi connectivity index (χ0) is 11.4. The average molecular weight is 221 g/mol. The van der Waals surface area contributed by atoms with Gasteiger partial charge in [0.1, 0.15) is 5.82 Å². The maximum absolute atomic E-state index is 11.5. The number of pyridine rings is 1. The van der Waals surface area contributed by atoms with Crippen LogP contribution in [0, 0.1) is 0 Å². The van der Waals surface area contributed by atoms with Gasteiger partial charge in [-0.15, -0.1) is 0 Å². The summed E-state index contributed by atoms with van der Waals surface area (Å²) < 4.78 is 0. The highest BCUT2D eigenvalue weighted by molar-refractivity contribution is 5.94. The van der Waals surface area contributed by atoms with Crippen LogP contribution in [0.4, 0.5) is 5.82 Å². The van der Waals surface area contributed by atoms with Crippen molar-refractivity contribution in [3.8, 4) is 0 Å². The first kappa shape index (κ1) is 10.9. The Kier molecular flexibility index (Phi) is 3.36. The van der Waals surface area contributed by atoms with Crippen molar-refractivity contribution in [2.24, 2.45) is 0 Å². The van der Waals surface area contributed by atoms with E-state index in [2.05, 4.69) is 15.6 Å². The summed E-state index contributed by atoms with van der Waals surface area (Å²) in [4.78, 5) is 15.6. The lowest BCUT2D eigenvalue weighted by atomic mass is 10.2. The summed E-state index contributed by atoms with van der Waals surface area (Å²) in [6.07, 6.45) is 3.93. The van der Waals surface area contributed by atoms with Crippen LogP contribution >= 0.6 is 0 Å². The van der Waals surface area contributed by atoms with Crippen LogP contribution in [-0.2, 0) is 0 Å². The Labute approximate surface area is 93.9 Å². The Morgan fingerprint density at radius 2 is 2.31 bits per heavy atom. The van der Waals surface area contributed by atoms with Gasteiger partial charge >= 0.3 is 0 Å². The van der Waals surface area contributed by atoms with Crippen LogP contribution in [0.2, 0.25) is 0 Å². The van der Waals surface area contributed by atoms with Gasteiger partial charge < -0.3 is 15.7 Å². The van der Waals surface area contributed by atoms with E-state index in [0.29, 0.717) is 11.6 Å². The number of aromatic nitrogens is 1. The summed E-state index contributed by atoms with van der Waals surface area (Å²) in [5.74, 6) is 0.598. The van der Waals surface area contributed by atoms with Gasteiger partial charge in [0, 0.05) is 18.8 Å². The van der Waals surface area contributed by atoms with Gasteiger partial charge in [-0.3, -0.25) is 4.79 Å². The van der Waals surface area contributed by atoms with Crippen molar-refractivity contribution in [1.82, 2.24) is 10.3 Å². The molecule has 3 N–H and O–H groups in total. The lowest BCUT2D eigenvalue weighted by Crippen LogP contribution is -2.26. The molecule has 0 saturated heterocycles. The van der Waals surface area contributed by atoms with Gasteiger partial charge in [-0.1, -0.05) is 0 Å². The van der Waals surface area contributed by atoms with E-state index in [1.807, 2.05) is 0 Å². The summed E-state index contributed by atoms with van der Waals surface area (Å²) >= 11 is 0. The van der Waals surface area contributed by atoms with Crippen LogP contribution in [0.15, 0.2) is 18.3 Å². The molecule has 1 amide bonds. The fourth-order valence-corrected chi connectivity index (χ4v) is 1.32. The lowest BCUT2D eigenvalue weighted by Gasteiger charge is -2.05. The molecule has 1 heterocycles. The van der Waals surface area contributed by atoms with E-state index in [4.69, 9.17) is 5.11 Å². The molecule has 0 unspecified atom stereocenters. The number of hydrogen-bond donors (Lipinski definition) is 3. The molecule has 5 heteroatoms. The van der Waals surface area contributed by atoms with Crippen LogP contribution in [0.5, 0.6) is 0 Å². The predicted octanol–water partition coefficient (Wildman–Crippen LogP) is 0.378. The Bertz CT molecular complexity index is 360. The van der Waals surface area contributed by atoms with Crippen molar-refractivity contribution < 1.29 is 9.90 Å². The highest BCUT2D eigenvalue weighted by Crippen LogP contribution is 2.23. The van der Waals surface area contributed by atoms with Crippen molar-refractivity contribution in [2.45, 2.75) is 18.9 Å². The number of nitrogens with one attached hydrogen (secondary N) is 2. The number of anilines is 1. The van der Waals surface area contributed by atoms with E-state index in [-0.39, 0.29) is 19.1 Å². The fraction of sp³-hybridized carbons (Fsp3) is 0.455. The van der Waals surface area contributed by atoms with Gasteiger partial charge in [0.15, 0.2) is 0 Å². The molecule has 1 aromatic heterocycles. The first-order valence-electron chi connectivity index (χ1n) is 5.41. The summed E-state index contributed by atoms with van der Waals surface area (Å²) in [7, 11) is 0. The van der Waals surface area contributed by atoms with Gasteiger partial charge in [0.2, 0.25) is 0 Å². The number of carbonyl (C=O) groups is 1. The quantitative estimate of drug-likeness (QED) is 0.672. The minimum Gasteiger partial charge on any atom is -0.395 e. The van der Waals surface area contributed by atoms with Gasteiger partial charge in [0.05, 0.1) is 12.2 Å². The molecular formula is C11H15N3O2. The smallest absolute Gasteiger partial charge is 0.252 e. The molecule has 5 nitrogen and oxygen atoms in total. The van der Waals surface area contributed by atoms with Crippen molar-refractivity contribution in [2.75, 3.05) is 18.5 Å². The first-order chi connectivity index (χ1) is 7.79. The predicted molar refractivity (Wildman–Crippen MR) is 60.3 cm³/mol. The van der Waals surface area contributed by atoms with Gasteiger partial charge in [-0.25, -0.2) is 4.98 Å². The number of amides is 1. The second-order valence-electron chi connectivity index (χ2n) is 3.83. The minimum absolute atomic E-state index is 0.0551. The molecule has 86 valence electrons. The minimum atomic E-state index is -0.209. The molecule has 0 aromatic carbocycles. The second-order valence-corrected chi connectivity index (χ2v) is 3.83. The zero-order valence-corrected chi connectivity index (χ0v) is 8.94. The van der Waals surface area contributed by atoms with Crippen molar-refractivity contribution >= 4 is 11.7 Å². The van der Waals surface area contributed by atoms with Gasteiger partial charge in [-0.05, 0) is 25.0 Å². The van der Waals surface area contributed by atoms with E-state index in [1.54, 1.807) is 12.1 Å². The maximum atomic E-state index is 11.5. The third-order valence-electron chi connectivity index (χ3n) is 2.35. The lowest BCUT2D eigenvalue weighted by molar-refractivity contribution is 0.0944. The van der Waals surface area contributed by atoms with Gasteiger partial charge in [-0.2, -0.15) is 0 Å². The Morgan fingerprint density at radius 1 is 1.50 bits per heavy atom. The molecule has 1 aliphatic carbocycles. The van der Waals surface area contributed by atoms with Crippen molar-refractivity contribution in [3.63, 3.8) is 0 Å². The normalized spacial score (nSPS) is 14.6. The fourth-order valence-electron chi connectivity index (χ4n) is 1.32. The molecular weight excluding hydrogens is 206 g/mol. The van der Waals surface area contributed by atoms with Crippen LogP contribution in [-0.4, -0.2) is 35.2 Å². The average Bonchev–Trinajstić information content (AvgIpc) is 3.11. The number of aliphatic hydroxyl groups excluding tert-OH is 1. The van der Waals surface area contributed by atoms with Crippen LogP contribution in [0.3, 0.4) is 0 Å².